The molecule has 6 nitrogen and oxygen atoms in total. The molecule has 2 aromatic rings. The second-order valence-corrected chi connectivity index (χ2v) is 5.30. The van der Waals surface area contributed by atoms with E-state index < -0.39 is 17.4 Å². The van der Waals surface area contributed by atoms with Crippen molar-refractivity contribution in [1.82, 2.24) is 10.3 Å². The van der Waals surface area contributed by atoms with Crippen molar-refractivity contribution in [1.29, 1.82) is 0 Å². The van der Waals surface area contributed by atoms with Crippen LogP contribution in [0.3, 0.4) is 0 Å². The third-order valence-corrected chi connectivity index (χ3v) is 3.40. The number of benzene rings is 1. The molecule has 0 aliphatic rings. The Morgan fingerprint density at radius 3 is 2.82 bits per heavy atom. The number of carbonyl (C=O) groups excluding carboxylic acids is 1. The summed E-state index contributed by atoms with van der Waals surface area (Å²) in [7, 11) is 1.36. The molecule has 0 saturated carbocycles. The van der Waals surface area contributed by atoms with Gasteiger partial charge in [0.05, 0.1) is 13.0 Å². The molecule has 0 aliphatic heterocycles. The maximum Gasteiger partial charge on any atom is 0.331 e. The van der Waals surface area contributed by atoms with Crippen LogP contribution >= 0.6 is 0 Å². The second-order valence-electron chi connectivity index (χ2n) is 5.30. The van der Waals surface area contributed by atoms with Crippen LogP contribution in [0.15, 0.2) is 24.4 Å². The molecular weight excluding hydrogens is 291 g/mol. The highest BCUT2D eigenvalue weighted by Crippen LogP contribution is 2.20. The third-order valence-electron chi connectivity index (χ3n) is 3.40. The second kappa shape index (κ2) is 6.15. The summed E-state index contributed by atoms with van der Waals surface area (Å²) in [6.45, 7) is 1.23. The summed E-state index contributed by atoms with van der Waals surface area (Å²) in [6.07, 6.45) is 1.59. The number of hydrogen-bond donors (Lipinski definition) is 3. The number of H-pyrrole nitrogens is 1. The first kappa shape index (κ1) is 16.0. The highest BCUT2D eigenvalue weighted by Gasteiger charge is 2.35. The van der Waals surface area contributed by atoms with E-state index >= 15 is 0 Å². The fraction of sp³-hybridized carbons (Fsp3) is 0.333. The number of ether oxygens (including phenoxy) is 1. The quantitative estimate of drug-likeness (QED) is 0.753. The number of aliphatic carboxylic acids is 1. The lowest BCUT2D eigenvalue weighted by Gasteiger charge is -2.25. The first-order valence-corrected chi connectivity index (χ1v) is 6.64. The van der Waals surface area contributed by atoms with Crippen molar-refractivity contribution < 1.29 is 23.8 Å². The summed E-state index contributed by atoms with van der Waals surface area (Å²) < 4.78 is 18.0. The monoisotopic (exact) mass is 308 g/mol. The van der Waals surface area contributed by atoms with Crippen molar-refractivity contribution in [2.75, 3.05) is 13.7 Å². The lowest BCUT2D eigenvalue weighted by atomic mass is 10.0. The number of carbonyl (C=O) groups is 2. The number of methoxy groups -OCH3 is 1. The number of rotatable bonds is 6. The normalized spacial score (nSPS) is 13.8. The minimum Gasteiger partial charge on any atom is -0.479 e. The van der Waals surface area contributed by atoms with Crippen LogP contribution in [-0.2, 0) is 20.7 Å². The Morgan fingerprint density at radius 1 is 1.45 bits per heavy atom. The molecule has 0 bridgehead atoms. The molecule has 1 unspecified atom stereocenters. The van der Waals surface area contributed by atoms with Crippen molar-refractivity contribution in [3.8, 4) is 0 Å². The number of aromatic nitrogens is 1. The van der Waals surface area contributed by atoms with Gasteiger partial charge in [-0.15, -0.1) is 0 Å². The number of carboxylic acids is 1. The van der Waals surface area contributed by atoms with Crippen LogP contribution in [-0.4, -0.2) is 41.2 Å². The molecule has 0 fully saturated rings. The highest BCUT2D eigenvalue weighted by molar-refractivity contribution is 5.91. The van der Waals surface area contributed by atoms with Crippen LogP contribution in [0.1, 0.15) is 12.5 Å². The molecule has 1 aromatic carbocycles. The van der Waals surface area contributed by atoms with E-state index in [0.717, 1.165) is 5.39 Å². The van der Waals surface area contributed by atoms with Gasteiger partial charge in [0.2, 0.25) is 5.91 Å². The number of hydrogen-bond acceptors (Lipinski definition) is 3. The van der Waals surface area contributed by atoms with Crippen molar-refractivity contribution in [2.24, 2.45) is 0 Å². The van der Waals surface area contributed by atoms with Gasteiger partial charge >= 0.3 is 5.97 Å². The average molecular weight is 308 g/mol. The smallest absolute Gasteiger partial charge is 0.331 e. The first-order valence-electron chi connectivity index (χ1n) is 6.64. The predicted octanol–water partition coefficient (Wildman–Crippen LogP) is 1.46. The minimum atomic E-state index is -1.50. The van der Waals surface area contributed by atoms with Gasteiger partial charge < -0.3 is 20.1 Å². The Kier molecular flexibility index (Phi) is 4.46. The SMILES string of the molecule is COCC(C)(NC(=O)Cc1c[nH]c2cc(F)ccc12)C(=O)O. The highest BCUT2D eigenvalue weighted by atomic mass is 19.1. The standard InChI is InChI=1S/C15H17FN2O4/c1-15(8-22-2,14(20)21)18-13(19)5-9-7-17-12-6-10(16)3-4-11(9)12/h3-4,6-7,17H,5,8H2,1-2H3,(H,18,19)(H,20,21). The number of carboxylic acid groups (broad SMARTS) is 1. The zero-order valence-electron chi connectivity index (χ0n) is 12.3. The molecule has 0 radical (unpaired) electrons. The van der Waals surface area contributed by atoms with Crippen molar-refractivity contribution in [2.45, 2.75) is 18.9 Å². The Morgan fingerprint density at radius 2 is 2.18 bits per heavy atom. The molecule has 7 heteroatoms. The first-order chi connectivity index (χ1) is 10.4. The zero-order valence-corrected chi connectivity index (χ0v) is 12.3. The van der Waals surface area contributed by atoms with Crippen molar-refractivity contribution >= 4 is 22.8 Å². The average Bonchev–Trinajstić information content (AvgIpc) is 2.80. The van der Waals surface area contributed by atoms with Gasteiger partial charge in [-0.2, -0.15) is 0 Å². The van der Waals surface area contributed by atoms with Crippen LogP contribution in [0.5, 0.6) is 0 Å². The van der Waals surface area contributed by atoms with Crippen molar-refractivity contribution in [3.63, 3.8) is 0 Å². The third kappa shape index (κ3) is 3.25. The maximum atomic E-state index is 13.1. The van der Waals surface area contributed by atoms with Gasteiger partial charge in [0.15, 0.2) is 5.54 Å². The van der Waals surface area contributed by atoms with Gasteiger partial charge in [-0.25, -0.2) is 9.18 Å². The fourth-order valence-corrected chi connectivity index (χ4v) is 2.27. The Hall–Kier alpha value is -2.41. The van der Waals surface area contributed by atoms with E-state index in [0.29, 0.717) is 11.1 Å². The molecular formula is C15H17FN2O4. The minimum absolute atomic E-state index is 0.0157. The summed E-state index contributed by atoms with van der Waals surface area (Å²) >= 11 is 0. The topological polar surface area (TPSA) is 91.4 Å². The number of nitrogens with one attached hydrogen (secondary N) is 2. The van der Waals surface area contributed by atoms with Gasteiger partial charge in [-0.05, 0) is 30.7 Å². The summed E-state index contributed by atoms with van der Waals surface area (Å²) in [6, 6.07) is 4.22. The molecule has 0 saturated heterocycles. The Labute approximate surface area is 126 Å². The molecule has 2 rings (SSSR count). The molecule has 22 heavy (non-hydrogen) atoms. The van der Waals surface area contributed by atoms with Gasteiger partial charge in [0, 0.05) is 24.2 Å². The lowest BCUT2D eigenvalue weighted by molar-refractivity contribution is -0.149. The van der Waals surface area contributed by atoms with Crippen LogP contribution in [0.2, 0.25) is 0 Å². The van der Waals surface area contributed by atoms with E-state index in [9.17, 15) is 19.1 Å². The molecule has 3 N–H and O–H groups in total. The van der Waals surface area contributed by atoms with Gasteiger partial charge in [-0.3, -0.25) is 4.79 Å². The van der Waals surface area contributed by atoms with E-state index in [1.54, 1.807) is 12.3 Å². The summed E-state index contributed by atoms with van der Waals surface area (Å²) in [5, 5.41) is 12.4. The largest absolute Gasteiger partial charge is 0.479 e. The van der Waals surface area contributed by atoms with Gasteiger partial charge in [-0.1, -0.05) is 0 Å². The molecule has 1 heterocycles. The van der Waals surface area contributed by atoms with Gasteiger partial charge in [0.25, 0.3) is 0 Å². The molecule has 0 spiro atoms. The summed E-state index contributed by atoms with van der Waals surface area (Å²) in [4.78, 5) is 26.2. The van der Waals surface area contributed by atoms with E-state index in [1.807, 2.05) is 0 Å². The number of amides is 1. The summed E-state index contributed by atoms with van der Waals surface area (Å²) in [5.41, 5.74) is -0.248. The van der Waals surface area contributed by atoms with E-state index in [4.69, 9.17) is 4.74 Å². The molecule has 0 aliphatic carbocycles. The van der Waals surface area contributed by atoms with E-state index in [1.165, 1.54) is 26.2 Å². The lowest BCUT2D eigenvalue weighted by Crippen LogP contribution is -2.55. The van der Waals surface area contributed by atoms with Crippen LogP contribution in [0.25, 0.3) is 10.9 Å². The van der Waals surface area contributed by atoms with Crippen LogP contribution in [0.4, 0.5) is 4.39 Å². The summed E-state index contributed by atoms with van der Waals surface area (Å²) in [5.74, 6) is -2.00. The number of aromatic amines is 1. The fourth-order valence-electron chi connectivity index (χ4n) is 2.27. The number of fused-ring (bicyclic) bond motifs is 1. The molecule has 1 atom stereocenters. The molecule has 1 aromatic heterocycles. The van der Waals surface area contributed by atoms with Gasteiger partial charge in [0.1, 0.15) is 5.82 Å². The number of halogens is 1. The predicted molar refractivity (Wildman–Crippen MR) is 78.0 cm³/mol. The molecule has 118 valence electrons. The zero-order chi connectivity index (χ0) is 16.3. The Balaban J connectivity index is 2.15. The molecule has 1 amide bonds. The maximum absolute atomic E-state index is 13.1. The van der Waals surface area contributed by atoms with Crippen LogP contribution < -0.4 is 5.32 Å². The van der Waals surface area contributed by atoms with E-state index in [2.05, 4.69) is 10.3 Å². The Bertz CT molecular complexity index is 713. The van der Waals surface area contributed by atoms with E-state index in [-0.39, 0.29) is 18.8 Å². The van der Waals surface area contributed by atoms with Crippen molar-refractivity contribution in [3.05, 3.63) is 35.8 Å². The van der Waals surface area contributed by atoms with Crippen LogP contribution in [0, 0.1) is 5.82 Å².